The SMILES string of the molecule is Cc1ccc(C(=O)COC(=O)c2cc(Cl)c(Cl)c(S(=O)(=O)Nc3c(C)n(C)n(-c4ccccc4)c3=O)c2)cc1C. The van der Waals surface area contributed by atoms with Crippen LogP contribution in [-0.4, -0.2) is 36.1 Å². The minimum Gasteiger partial charge on any atom is -0.454 e. The number of nitrogens with one attached hydrogen (secondary N) is 1. The average molecular weight is 602 g/mol. The molecule has 208 valence electrons. The quantitative estimate of drug-likeness (QED) is 0.218. The molecule has 0 bridgehead atoms. The smallest absolute Gasteiger partial charge is 0.338 e. The number of carbonyl (C=O) groups is 2. The molecule has 0 fully saturated rings. The Labute approximate surface area is 240 Å². The Balaban J connectivity index is 1.62. The summed E-state index contributed by atoms with van der Waals surface area (Å²) in [5, 5.41) is -0.586. The zero-order valence-corrected chi connectivity index (χ0v) is 24.3. The van der Waals surface area contributed by atoms with Crippen LogP contribution in [0.25, 0.3) is 5.69 Å². The van der Waals surface area contributed by atoms with Gasteiger partial charge in [-0.2, -0.15) is 0 Å². The number of carbonyl (C=O) groups excluding carboxylic acids is 2. The number of halogens is 2. The number of Topliss-reactive ketones (excluding diaryl/α,β-unsaturated/α-hetero) is 1. The molecule has 9 nitrogen and oxygen atoms in total. The van der Waals surface area contributed by atoms with E-state index in [-0.39, 0.29) is 21.3 Å². The summed E-state index contributed by atoms with van der Waals surface area (Å²) in [6.45, 7) is 4.78. The summed E-state index contributed by atoms with van der Waals surface area (Å²) in [5.41, 5.74) is 2.10. The number of aryl methyl sites for hydroxylation is 2. The summed E-state index contributed by atoms with van der Waals surface area (Å²) >= 11 is 12.4. The average Bonchev–Trinajstić information content (AvgIpc) is 3.12. The maximum Gasteiger partial charge on any atom is 0.338 e. The highest BCUT2D eigenvalue weighted by Gasteiger charge is 2.27. The fourth-order valence-electron chi connectivity index (χ4n) is 3.97. The van der Waals surface area contributed by atoms with Gasteiger partial charge in [0.15, 0.2) is 12.4 Å². The molecular formula is C28H25Cl2N3O6S. The first-order chi connectivity index (χ1) is 18.8. The Hall–Kier alpha value is -3.86. The molecule has 0 aliphatic rings. The molecule has 1 N–H and O–H groups in total. The lowest BCUT2D eigenvalue weighted by Crippen LogP contribution is -2.23. The van der Waals surface area contributed by atoms with E-state index < -0.39 is 38.8 Å². The van der Waals surface area contributed by atoms with E-state index in [0.717, 1.165) is 23.3 Å². The second kappa shape index (κ2) is 11.3. The number of esters is 1. The van der Waals surface area contributed by atoms with Crippen molar-refractivity contribution in [3.8, 4) is 5.69 Å². The van der Waals surface area contributed by atoms with Crippen molar-refractivity contribution in [1.82, 2.24) is 9.36 Å². The molecule has 3 aromatic carbocycles. The van der Waals surface area contributed by atoms with Gasteiger partial charge in [0.25, 0.3) is 15.6 Å². The van der Waals surface area contributed by atoms with Gasteiger partial charge in [-0.15, -0.1) is 0 Å². The van der Waals surface area contributed by atoms with Crippen molar-refractivity contribution < 1.29 is 22.7 Å². The van der Waals surface area contributed by atoms with E-state index in [2.05, 4.69) is 4.72 Å². The molecule has 0 aliphatic heterocycles. The Morgan fingerprint density at radius 3 is 2.25 bits per heavy atom. The molecule has 1 heterocycles. The first-order valence-electron chi connectivity index (χ1n) is 11.9. The van der Waals surface area contributed by atoms with Crippen LogP contribution in [0, 0.1) is 20.8 Å². The molecule has 0 unspecified atom stereocenters. The zero-order valence-electron chi connectivity index (χ0n) is 22.0. The Bertz CT molecular complexity index is 1810. The molecule has 0 atom stereocenters. The number of aromatic nitrogens is 2. The molecular weight excluding hydrogens is 577 g/mol. The van der Waals surface area contributed by atoms with Crippen LogP contribution in [0.3, 0.4) is 0 Å². The first-order valence-corrected chi connectivity index (χ1v) is 14.2. The number of ketones is 1. The van der Waals surface area contributed by atoms with Crippen LogP contribution in [0.5, 0.6) is 0 Å². The second-order valence-electron chi connectivity index (χ2n) is 9.11. The fraction of sp³-hybridized carbons (Fsp3) is 0.179. The highest BCUT2D eigenvalue weighted by molar-refractivity contribution is 7.92. The van der Waals surface area contributed by atoms with Gasteiger partial charge in [-0.3, -0.25) is 19.0 Å². The van der Waals surface area contributed by atoms with Crippen LogP contribution >= 0.6 is 23.2 Å². The second-order valence-corrected chi connectivity index (χ2v) is 11.5. The van der Waals surface area contributed by atoms with E-state index in [1.165, 1.54) is 9.36 Å². The van der Waals surface area contributed by atoms with E-state index in [1.807, 2.05) is 13.8 Å². The Morgan fingerprint density at radius 2 is 1.60 bits per heavy atom. The fourth-order valence-corrected chi connectivity index (χ4v) is 5.90. The van der Waals surface area contributed by atoms with Gasteiger partial charge in [0, 0.05) is 12.6 Å². The molecule has 0 radical (unpaired) electrons. The molecule has 0 amide bonds. The van der Waals surface area contributed by atoms with Crippen molar-refractivity contribution in [2.45, 2.75) is 25.7 Å². The highest BCUT2D eigenvalue weighted by atomic mass is 35.5. The molecule has 12 heteroatoms. The van der Waals surface area contributed by atoms with Crippen LogP contribution in [0.1, 0.15) is 37.5 Å². The van der Waals surface area contributed by atoms with Crippen LogP contribution < -0.4 is 10.3 Å². The van der Waals surface area contributed by atoms with Crippen molar-refractivity contribution in [1.29, 1.82) is 0 Å². The number of anilines is 1. The van der Waals surface area contributed by atoms with Gasteiger partial charge in [0.05, 0.1) is 27.0 Å². The van der Waals surface area contributed by atoms with Crippen molar-refractivity contribution >= 4 is 50.7 Å². The van der Waals surface area contributed by atoms with Crippen molar-refractivity contribution in [3.05, 3.63) is 109 Å². The van der Waals surface area contributed by atoms with Gasteiger partial charge < -0.3 is 4.74 Å². The first kappa shape index (κ1) is 29.1. The van der Waals surface area contributed by atoms with Crippen molar-refractivity contribution in [2.75, 3.05) is 11.3 Å². The number of sulfonamides is 1. The lowest BCUT2D eigenvalue weighted by atomic mass is 10.0. The zero-order chi connectivity index (χ0) is 29.4. The standard InChI is InChI=1S/C28H25Cl2N3O6S/c1-16-10-11-19(12-17(16)2)23(34)15-39-28(36)20-13-22(29)25(30)24(14-20)40(37,38)31-26-18(3)32(4)33(27(26)35)21-8-6-5-7-9-21/h5-14,31H,15H2,1-4H3. The third-order valence-corrected chi connectivity index (χ3v) is 8.76. The maximum absolute atomic E-state index is 13.4. The molecule has 0 spiro atoms. The third kappa shape index (κ3) is 5.70. The molecule has 1 aromatic heterocycles. The summed E-state index contributed by atoms with van der Waals surface area (Å²) in [6.07, 6.45) is 0. The molecule has 0 saturated carbocycles. The molecule has 0 aliphatic carbocycles. The van der Waals surface area contributed by atoms with Gasteiger partial charge in [0.2, 0.25) is 0 Å². The van der Waals surface area contributed by atoms with Crippen LogP contribution in [-0.2, 0) is 21.8 Å². The normalized spacial score (nSPS) is 11.3. The van der Waals surface area contributed by atoms with Crippen molar-refractivity contribution in [2.24, 2.45) is 7.05 Å². The minimum atomic E-state index is -4.50. The highest BCUT2D eigenvalue weighted by Crippen LogP contribution is 2.32. The maximum atomic E-state index is 13.4. The monoisotopic (exact) mass is 601 g/mol. The van der Waals surface area contributed by atoms with Crippen LogP contribution in [0.2, 0.25) is 10.0 Å². The number of hydrogen-bond acceptors (Lipinski definition) is 6. The summed E-state index contributed by atoms with van der Waals surface area (Å²) in [7, 11) is -2.89. The van der Waals surface area contributed by atoms with Gasteiger partial charge in [0.1, 0.15) is 10.6 Å². The summed E-state index contributed by atoms with van der Waals surface area (Å²) < 4.78 is 37.0. The van der Waals surface area contributed by atoms with Gasteiger partial charge in [-0.1, -0.05) is 53.5 Å². The number of para-hydroxylation sites is 1. The topological polar surface area (TPSA) is 116 Å². The number of benzene rings is 3. The largest absolute Gasteiger partial charge is 0.454 e. The Morgan fingerprint density at radius 1 is 0.925 bits per heavy atom. The number of hydrogen-bond donors (Lipinski definition) is 1. The molecule has 4 aromatic rings. The predicted molar refractivity (Wildman–Crippen MR) is 154 cm³/mol. The van der Waals surface area contributed by atoms with Crippen LogP contribution in [0.15, 0.2) is 70.4 Å². The molecule has 0 saturated heterocycles. The van der Waals surface area contributed by atoms with Crippen molar-refractivity contribution in [3.63, 3.8) is 0 Å². The van der Waals surface area contributed by atoms with E-state index >= 15 is 0 Å². The number of rotatable bonds is 8. The summed E-state index contributed by atoms with van der Waals surface area (Å²) in [4.78, 5) is 38.0. The Kier molecular flexibility index (Phi) is 8.25. The van der Waals surface area contributed by atoms with Gasteiger partial charge in [-0.25, -0.2) is 17.9 Å². The predicted octanol–water partition coefficient (Wildman–Crippen LogP) is 5.25. The van der Waals surface area contributed by atoms with Gasteiger partial charge >= 0.3 is 5.97 Å². The summed E-state index contributed by atoms with van der Waals surface area (Å²) in [5.74, 6) is -1.41. The molecule has 4 rings (SSSR count). The minimum absolute atomic E-state index is 0.203. The number of ether oxygens (including phenoxy) is 1. The number of nitrogens with zero attached hydrogens (tertiary/aromatic N) is 2. The van der Waals surface area contributed by atoms with E-state index in [9.17, 15) is 22.8 Å². The van der Waals surface area contributed by atoms with E-state index in [4.69, 9.17) is 27.9 Å². The molecule has 40 heavy (non-hydrogen) atoms. The lowest BCUT2D eigenvalue weighted by Gasteiger charge is -2.12. The lowest BCUT2D eigenvalue weighted by molar-refractivity contribution is 0.0474. The summed E-state index contributed by atoms with van der Waals surface area (Å²) in [6, 6.07) is 15.9. The van der Waals surface area contributed by atoms with Crippen LogP contribution in [0.4, 0.5) is 5.69 Å². The van der Waals surface area contributed by atoms with Gasteiger partial charge in [-0.05, 0) is 62.2 Å². The third-order valence-electron chi connectivity index (χ3n) is 6.47. The van der Waals surface area contributed by atoms with E-state index in [1.54, 1.807) is 62.5 Å². The van der Waals surface area contributed by atoms with E-state index in [0.29, 0.717) is 16.9 Å².